The summed E-state index contributed by atoms with van der Waals surface area (Å²) >= 11 is 0. The largest absolute Gasteiger partial charge is 1.00 e. The second kappa shape index (κ2) is 7.58. The molecule has 0 aliphatic heterocycles. The van der Waals surface area contributed by atoms with Crippen LogP contribution in [-0.4, -0.2) is 22.3 Å². The Hall–Kier alpha value is 0.805. The van der Waals surface area contributed by atoms with Gasteiger partial charge in [0.2, 0.25) is 0 Å². The fourth-order valence-corrected chi connectivity index (χ4v) is 50.2. The molecule has 0 aromatic carbocycles. The summed E-state index contributed by atoms with van der Waals surface area (Å²) < 4.78 is 0. The van der Waals surface area contributed by atoms with Crippen molar-refractivity contribution >= 4 is 22.3 Å². The van der Waals surface area contributed by atoms with Crippen LogP contribution in [0.5, 0.6) is 0 Å². The molecule has 0 fully saturated rings. The van der Waals surface area contributed by atoms with E-state index in [2.05, 4.69) is 75.7 Å². The van der Waals surface area contributed by atoms with Crippen LogP contribution >= 0.6 is 0 Å². The van der Waals surface area contributed by atoms with Crippen LogP contribution in [0.4, 0.5) is 0 Å². The minimum atomic E-state index is -1.62. The van der Waals surface area contributed by atoms with Crippen LogP contribution in [0.25, 0.3) is 0 Å². The smallest absolute Gasteiger partial charge is 0.274 e. The van der Waals surface area contributed by atoms with Crippen molar-refractivity contribution in [3.63, 3.8) is 0 Å². The van der Waals surface area contributed by atoms with Crippen LogP contribution in [0.15, 0.2) is 34.7 Å². The van der Waals surface area contributed by atoms with Crippen molar-refractivity contribution in [3.05, 3.63) is 46.8 Å². The summed E-state index contributed by atoms with van der Waals surface area (Å²) in [7, 11) is -4.22. The Balaban J connectivity index is 0.00000200. The molecule has 0 heterocycles. The fourth-order valence-electron chi connectivity index (χ4n) is 4.21. The van der Waals surface area contributed by atoms with Crippen LogP contribution in [0, 0.1) is 12.2 Å². The molecule has 104 valence electrons. The van der Waals surface area contributed by atoms with Gasteiger partial charge in [0.25, 0.3) is 0 Å². The average molecular weight is 317 g/mol. The van der Waals surface area contributed by atoms with E-state index in [1.165, 1.54) is 0 Å². The molecular weight excluding hydrogens is 290 g/mol. The van der Waals surface area contributed by atoms with Gasteiger partial charge >= 0.3 is 37.7 Å². The molecule has 0 radical (unpaired) electrons. The quantitative estimate of drug-likeness (QED) is 0.448. The predicted octanol–water partition coefficient (Wildman–Crippen LogP) is -1.27. The maximum Gasteiger partial charge on any atom is 1.00 e. The minimum absolute atomic E-state index is 0. The van der Waals surface area contributed by atoms with Crippen molar-refractivity contribution < 1.29 is 37.7 Å². The van der Waals surface area contributed by atoms with E-state index < -0.39 is 22.3 Å². The molecule has 0 saturated heterocycles. The molecule has 0 bridgehead atoms. The Morgan fingerprint density at radius 3 is 1.24 bits per heavy atom. The zero-order chi connectivity index (χ0) is 14.3. The van der Waals surface area contributed by atoms with Crippen LogP contribution in [0.2, 0.25) is 39.3 Å². The normalized spacial score (nSPS) is 18.0. The SMILES string of the molecule is C[Si](C)(C)[Si](C1=[C-]CC=C1)(C1=[C-]CC=C1)[Si](C)(C)C.[Li+].[Li+]. The van der Waals surface area contributed by atoms with Crippen LogP contribution < -0.4 is 37.7 Å². The molecule has 2 aliphatic carbocycles. The van der Waals surface area contributed by atoms with E-state index >= 15 is 0 Å². The molecule has 0 amide bonds. The summed E-state index contributed by atoms with van der Waals surface area (Å²) in [5.41, 5.74) is 0. The van der Waals surface area contributed by atoms with Gasteiger partial charge in [0.05, 0.1) is 0 Å². The van der Waals surface area contributed by atoms with Crippen molar-refractivity contribution in [1.82, 2.24) is 0 Å². The first-order chi connectivity index (χ1) is 8.71. The average Bonchev–Trinajstić information content (AvgIpc) is 2.85. The maximum absolute atomic E-state index is 3.73. The van der Waals surface area contributed by atoms with Gasteiger partial charge in [-0.05, 0) is 0 Å². The molecule has 0 aromatic rings. The van der Waals surface area contributed by atoms with Gasteiger partial charge < -0.3 is 0 Å². The molecular formula is C16H26Li2Si3. The van der Waals surface area contributed by atoms with Gasteiger partial charge in [-0.2, -0.15) is 12.2 Å². The van der Waals surface area contributed by atoms with Gasteiger partial charge in [-0.15, -0.1) is 12.8 Å². The first-order valence-corrected chi connectivity index (χ1v) is 18.3. The van der Waals surface area contributed by atoms with Gasteiger partial charge in [0, 0.05) is 22.3 Å². The molecule has 0 nitrogen and oxygen atoms in total. The van der Waals surface area contributed by atoms with Gasteiger partial charge in [0.15, 0.2) is 0 Å². The summed E-state index contributed by atoms with van der Waals surface area (Å²) in [6, 6.07) is 0. The second-order valence-corrected chi connectivity index (χ2v) is 34.2. The standard InChI is InChI=1S/C16H26Si3.2Li/c1-17(2,3)19(18(4,5)6,15-11-7-8-12-15)16-13-9-10-14-16;;/h7,9,11,13H,8,10H2,1-6H3;;/q-2;2*+1. The summed E-state index contributed by atoms with van der Waals surface area (Å²) in [5, 5.41) is 3.22. The third-order valence-corrected chi connectivity index (χ3v) is 41.5. The third-order valence-electron chi connectivity index (χ3n) is 4.45. The van der Waals surface area contributed by atoms with Crippen LogP contribution in [0.3, 0.4) is 0 Å². The zero-order valence-electron chi connectivity index (χ0n) is 15.2. The Morgan fingerprint density at radius 1 is 0.714 bits per heavy atom. The van der Waals surface area contributed by atoms with E-state index in [-0.39, 0.29) is 37.7 Å². The van der Waals surface area contributed by atoms with Gasteiger partial charge in [-0.25, -0.2) is 22.5 Å². The summed E-state index contributed by atoms with van der Waals surface area (Å²) in [4.78, 5) is 0. The Kier molecular flexibility index (Phi) is 7.87. The molecule has 0 spiro atoms. The van der Waals surface area contributed by atoms with Gasteiger partial charge in [-0.3, -0.25) is 12.2 Å². The van der Waals surface area contributed by atoms with Crippen LogP contribution in [0.1, 0.15) is 12.8 Å². The van der Waals surface area contributed by atoms with E-state index in [4.69, 9.17) is 0 Å². The van der Waals surface area contributed by atoms with E-state index in [0.717, 1.165) is 12.8 Å². The molecule has 0 atom stereocenters. The van der Waals surface area contributed by atoms with Crippen molar-refractivity contribution in [2.24, 2.45) is 0 Å². The molecule has 5 heteroatoms. The number of hydrogen-bond donors (Lipinski definition) is 0. The first-order valence-electron chi connectivity index (χ1n) is 7.27. The van der Waals surface area contributed by atoms with E-state index in [1.807, 2.05) is 0 Å². The zero-order valence-corrected chi connectivity index (χ0v) is 18.2. The molecule has 0 aromatic heterocycles. The van der Waals surface area contributed by atoms with Crippen molar-refractivity contribution in [2.45, 2.75) is 52.1 Å². The van der Waals surface area contributed by atoms with Crippen molar-refractivity contribution in [2.75, 3.05) is 0 Å². The Bertz CT molecular complexity index is 443. The molecule has 0 saturated carbocycles. The van der Waals surface area contributed by atoms with Crippen LogP contribution in [-0.2, 0) is 0 Å². The molecule has 21 heavy (non-hydrogen) atoms. The fraction of sp³-hybridized carbons (Fsp3) is 0.500. The molecule has 0 unspecified atom stereocenters. The van der Waals surface area contributed by atoms with E-state index in [9.17, 15) is 0 Å². The summed E-state index contributed by atoms with van der Waals surface area (Å²) in [5.74, 6) is 0. The first kappa shape index (κ1) is 21.8. The maximum atomic E-state index is 3.73. The van der Waals surface area contributed by atoms with E-state index in [0.29, 0.717) is 0 Å². The monoisotopic (exact) mass is 316 g/mol. The van der Waals surface area contributed by atoms with Gasteiger partial charge in [-0.1, -0.05) is 39.3 Å². The van der Waals surface area contributed by atoms with Gasteiger partial charge in [0.1, 0.15) is 0 Å². The molecule has 0 N–H and O–H groups in total. The number of hydrogen-bond acceptors (Lipinski definition) is 0. The Labute approximate surface area is 158 Å². The second-order valence-electron chi connectivity index (χ2n) is 7.64. The van der Waals surface area contributed by atoms with Crippen molar-refractivity contribution in [1.29, 1.82) is 0 Å². The third kappa shape index (κ3) is 3.67. The summed E-state index contributed by atoms with van der Waals surface area (Å²) in [6.07, 6.45) is 18.9. The Morgan fingerprint density at radius 2 is 1.05 bits per heavy atom. The molecule has 2 aliphatic rings. The van der Waals surface area contributed by atoms with Crippen molar-refractivity contribution in [3.8, 4) is 0 Å². The number of rotatable bonds is 4. The van der Waals surface area contributed by atoms with E-state index in [1.54, 1.807) is 10.4 Å². The number of allylic oxidation sites excluding steroid dienone is 8. The summed E-state index contributed by atoms with van der Waals surface area (Å²) in [6.45, 7) is 15.5. The molecule has 2 rings (SSSR count). The minimum Gasteiger partial charge on any atom is -0.274 e. The predicted molar refractivity (Wildman–Crippen MR) is 93.5 cm³/mol. The topological polar surface area (TPSA) is 0 Å².